The number of carbonyl (C=O) groups is 3. The highest BCUT2D eigenvalue weighted by Crippen LogP contribution is 2.64. The van der Waals surface area contributed by atoms with Crippen molar-refractivity contribution in [1.29, 1.82) is 0 Å². The monoisotopic (exact) mass is 1000 g/mol. The lowest BCUT2D eigenvalue weighted by Crippen LogP contribution is -2.60. The molecule has 9 atom stereocenters. The molecular weight excluding hydrogens is 897 g/mol. The number of aliphatic hydroxyl groups is 3. The lowest BCUT2D eigenvalue weighted by Gasteiger charge is -2.62. The molecule has 4 rings (SSSR count). The van der Waals surface area contributed by atoms with Gasteiger partial charge in [0.05, 0.1) is 30.5 Å². The first-order chi connectivity index (χ1) is 33.6. The number of ether oxygens (including phenoxy) is 2. The third-order valence-corrected chi connectivity index (χ3v) is 19.3. The van der Waals surface area contributed by atoms with E-state index in [-0.39, 0.29) is 64.8 Å². The zero-order valence-electron chi connectivity index (χ0n) is 48.2. The van der Waals surface area contributed by atoms with Crippen LogP contribution in [-0.2, 0) is 23.9 Å². The summed E-state index contributed by atoms with van der Waals surface area (Å²) in [7, 11) is 0. The molecule has 8 heteroatoms. The number of hydrogen-bond acceptors (Lipinski definition) is 8. The normalized spacial score (nSPS) is 32.5. The molecule has 0 bridgehead atoms. The topological polar surface area (TPSA) is 130 Å². The highest BCUT2D eigenvalue weighted by Gasteiger charge is 2.61. The van der Waals surface area contributed by atoms with Crippen molar-refractivity contribution in [3.63, 3.8) is 0 Å². The van der Waals surface area contributed by atoms with Gasteiger partial charge >= 0.3 is 11.9 Å². The molecule has 0 saturated heterocycles. The van der Waals surface area contributed by atoms with E-state index in [2.05, 4.69) is 93.5 Å². The SMILES string of the molecule is C/C(=C\CC/C(C)=C/CC[C@@H]1[C@@]2(C)CCC(=O)C(C)(C)[C@@H]2CC[C@@]1(C)O)CC/C=C(\C)C(=O)OCCCCOC(=O)/C(C)=C/CC/C(C)=C/CC/C(C)=C/CC[C@@H]1[C@@]2(C)CC[C@H](O)C(C)(C)[C@@H]2CC[C@@]1(C)O. The number of fused-ring (bicyclic) bond motifs is 2. The van der Waals surface area contributed by atoms with Gasteiger partial charge in [-0.2, -0.15) is 0 Å². The Labute approximate surface area is 439 Å². The minimum atomic E-state index is -0.699. The van der Waals surface area contributed by atoms with Gasteiger partial charge in [0, 0.05) is 23.0 Å². The summed E-state index contributed by atoms with van der Waals surface area (Å²) in [4.78, 5) is 38.0. The van der Waals surface area contributed by atoms with E-state index >= 15 is 0 Å². The van der Waals surface area contributed by atoms with Crippen LogP contribution in [0, 0.1) is 45.3 Å². The molecule has 0 aromatic carbocycles. The van der Waals surface area contributed by atoms with E-state index in [1.165, 1.54) is 22.3 Å². The first-order valence-corrected chi connectivity index (χ1v) is 28.6. The summed E-state index contributed by atoms with van der Waals surface area (Å²) >= 11 is 0. The van der Waals surface area contributed by atoms with Crippen molar-refractivity contribution >= 4 is 17.7 Å². The number of aliphatic hydroxyl groups excluding tert-OH is 1. The van der Waals surface area contributed by atoms with E-state index in [0.717, 1.165) is 122 Å². The van der Waals surface area contributed by atoms with Crippen LogP contribution in [0.25, 0.3) is 0 Å². The molecule has 0 radical (unpaired) electrons. The molecule has 4 aliphatic rings. The Balaban J connectivity index is 1.04. The number of unbranched alkanes of at least 4 members (excludes halogenated alkanes) is 1. The Kier molecular flexibility index (Phi) is 22.7. The van der Waals surface area contributed by atoms with Gasteiger partial charge < -0.3 is 24.8 Å². The number of allylic oxidation sites excluding steroid dienone is 10. The third kappa shape index (κ3) is 16.2. The van der Waals surface area contributed by atoms with Gasteiger partial charge in [0.2, 0.25) is 0 Å². The molecule has 0 heterocycles. The summed E-state index contributed by atoms with van der Waals surface area (Å²) in [6.45, 7) is 30.4. The number of hydrogen-bond donors (Lipinski definition) is 3. The molecule has 0 unspecified atom stereocenters. The van der Waals surface area contributed by atoms with Gasteiger partial charge in [-0.25, -0.2) is 9.59 Å². The van der Waals surface area contributed by atoms with Gasteiger partial charge in [-0.3, -0.25) is 4.79 Å². The summed E-state index contributed by atoms with van der Waals surface area (Å²) < 4.78 is 11.0. The van der Waals surface area contributed by atoms with Crippen LogP contribution in [0.3, 0.4) is 0 Å². The fourth-order valence-corrected chi connectivity index (χ4v) is 14.6. The minimum absolute atomic E-state index is 0.0209. The highest BCUT2D eigenvalue weighted by molar-refractivity contribution is 5.88. The van der Waals surface area contributed by atoms with Gasteiger partial charge in [0.25, 0.3) is 0 Å². The van der Waals surface area contributed by atoms with Gasteiger partial charge in [-0.1, -0.05) is 100 Å². The minimum Gasteiger partial charge on any atom is -0.462 e. The van der Waals surface area contributed by atoms with Crippen molar-refractivity contribution in [3.05, 3.63) is 69.9 Å². The van der Waals surface area contributed by atoms with E-state index in [1.54, 1.807) is 13.8 Å². The molecule has 8 nitrogen and oxygen atoms in total. The van der Waals surface area contributed by atoms with Gasteiger partial charge in [-0.15, -0.1) is 0 Å². The predicted octanol–water partition coefficient (Wildman–Crippen LogP) is 15.3. The smallest absolute Gasteiger partial charge is 0.333 e. The largest absolute Gasteiger partial charge is 0.462 e. The molecule has 408 valence electrons. The van der Waals surface area contributed by atoms with Crippen LogP contribution in [0.15, 0.2) is 69.9 Å². The Morgan fingerprint density at radius 1 is 0.528 bits per heavy atom. The number of carbonyl (C=O) groups excluding carboxylic acids is 3. The zero-order chi connectivity index (χ0) is 53.7. The van der Waals surface area contributed by atoms with Crippen LogP contribution < -0.4 is 0 Å². The van der Waals surface area contributed by atoms with Gasteiger partial charge in [0.1, 0.15) is 5.78 Å². The standard InChI is InChI=1S/C64H104O8/c1-45(23-17-25-47(3)29-21-33-53-61(11)39-37-55(65)59(7,8)51(61)35-41-63(53,13)69)27-19-31-49(5)57(67)71-43-15-16-44-72-58(68)50(6)32-20-28-46(2)24-18-26-48(4)30-22-34-54-62(12)40-38-56(66)60(9,10)52(62)36-42-64(54,14)70/h23-24,29-32,51-55,65,69-70H,15-22,25-28,33-44H2,1-14H3/b45-23+,46-24+,47-29+,48-30+,49-31+,50-32+/t51-,52-,53+,54+,55-,61-,62-,63+,64+/m0/s1. The van der Waals surface area contributed by atoms with Crippen LogP contribution in [0.1, 0.15) is 238 Å². The maximum absolute atomic E-state index is 12.8. The second-order valence-corrected chi connectivity index (χ2v) is 25.8. The van der Waals surface area contributed by atoms with Crippen LogP contribution in [0.5, 0.6) is 0 Å². The lowest BCUT2D eigenvalue weighted by molar-refractivity contribution is -0.195. The van der Waals surface area contributed by atoms with E-state index in [0.29, 0.717) is 48.0 Å². The summed E-state index contributed by atoms with van der Waals surface area (Å²) in [5.41, 5.74) is 4.81. The maximum Gasteiger partial charge on any atom is 0.333 e. The van der Waals surface area contributed by atoms with Gasteiger partial charge in [0.15, 0.2) is 0 Å². The summed E-state index contributed by atoms with van der Waals surface area (Å²) in [5, 5.41) is 33.9. The molecule has 3 N–H and O–H groups in total. The van der Waals surface area contributed by atoms with E-state index in [9.17, 15) is 29.7 Å². The molecule has 0 amide bonds. The van der Waals surface area contributed by atoms with Crippen molar-refractivity contribution in [1.82, 2.24) is 0 Å². The highest BCUT2D eigenvalue weighted by atomic mass is 16.5. The number of ketones is 1. The van der Waals surface area contributed by atoms with E-state index in [4.69, 9.17) is 9.47 Å². The fraction of sp³-hybridized carbons (Fsp3) is 0.766. The average Bonchev–Trinajstić information content (AvgIpc) is 3.29. The van der Waals surface area contributed by atoms with Crippen LogP contribution in [-0.4, -0.2) is 63.6 Å². The molecular formula is C64H104O8. The molecule has 4 aliphatic carbocycles. The molecule has 4 fully saturated rings. The lowest BCUT2D eigenvalue weighted by atomic mass is 9.44. The predicted molar refractivity (Wildman–Crippen MR) is 296 cm³/mol. The van der Waals surface area contributed by atoms with E-state index in [1.807, 2.05) is 26.0 Å². The van der Waals surface area contributed by atoms with Crippen LogP contribution in [0.2, 0.25) is 0 Å². The summed E-state index contributed by atoms with van der Waals surface area (Å²) in [6.07, 6.45) is 32.1. The Morgan fingerprint density at radius 3 is 1.33 bits per heavy atom. The summed E-state index contributed by atoms with van der Waals surface area (Å²) in [6, 6.07) is 0. The molecule has 0 spiro atoms. The zero-order valence-corrected chi connectivity index (χ0v) is 48.2. The van der Waals surface area contributed by atoms with Crippen LogP contribution >= 0.6 is 0 Å². The second kappa shape index (κ2) is 26.6. The average molecular weight is 1000 g/mol. The number of esters is 2. The van der Waals surface area contributed by atoms with Crippen molar-refractivity contribution in [3.8, 4) is 0 Å². The van der Waals surface area contributed by atoms with Crippen molar-refractivity contribution in [2.75, 3.05) is 13.2 Å². The Hall–Kier alpha value is -3.07. The van der Waals surface area contributed by atoms with Crippen molar-refractivity contribution < 1.29 is 39.2 Å². The quantitative estimate of drug-likeness (QED) is 0.0357. The van der Waals surface area contributed by atoms with Crippen molar-refractivity contribution in [2.45, 2.75) is 255 Å². The first-order valence-electron chi connectivity index (χ1n) is 28.6. The second-order valence-electron chi connectivity index (χ2n) is 25.8. The Bertz CT molecular complexity index is 2020. The number of Topliss-reactive ketones (excluding diaryl/α,β-unsaturated/α-hetero) is 1. The molecule has 0 aliphatic heterocycles. The summed E-state index contributed by atoms with van der Waals surface area (Å²) in [5.74, 6) is 0.929. The van der Waals surface area contributed by atoms with Gasteiger partial charge in [-0.05, 0) is 230 Å². The molecule has 0 aromatic rings. The van der Waals surface area contributed by atoms with Crippen molar-refractivity contribution in [2.24, 2.45) is 45.3 Å². The molecule has 4 saturated carbocycles. The maximum atomic E-state index is 12.8. The first kappa shape index (κ1) is 61.5. The molecule has 72 heavy (non-hydrogen) atoms. The third-order valence-electron chi connectivity index (χ3n) is 19.3. The molecule has 0 aromatic heterocycles. The number of rotatable bonds is 25. The van der Waals surface area contributed by atoms with E-state index < -0.39 is 11.2 Å². The Morgan fingerprint density at radius 2 is 0.903 bits per heavy atom. The van der Waals surface area contributed by atoms with Crippen LogP contribution in [0.4, 0.5) is 0 Å². The fourth-order valence-electron chi connectivity index (χ4n) is 14.6.